The molecule has 9 nitrogen and oxygen atoms in total. The molecule has 45 heavy (non-hydrogen) atoms. The molecule has 3 aromatic carbocycles. The first-order chi connectivity index (χ1) is 22.0. The van der Waals surface area contributed by atoms with E-state index in [-0.39, 0.29) is 32.0 Å². The highest BCUT2D eigenvalue weighted by molar-refractivity contribution is 6.02. The highest BCUT2D eigenvalue weighted by atomic mass is 16.6. The van der Waals surface area contributed by atoms with Crippen LogP contribution in [0.5, 0.6) is 0 Å². The summed E-state index contributed by atoms with van der Waals surface area (Å²) in [5.41, 5.74) is 2.60. The number of imide groups is 1. The second-order valence-electron chi connectivity index (χ2n) is 10.9. The molecule has 2 amide bonds. The molecule has 0 unspecified atom stereocenters. The van der Waals surface area contributed by atoms with E-state index in [0.717, 1.165) is 21.6 Å². The van der Waals surface area contributed by atoms with Crippen LogP contribution >= 0.6 is 0 Å². The van der Waals surface area contributed by atoms with Gasteiger partial charge in [-0.3, -0.25) is 9.59 Å². The number of amides is 2. The molecule has 2 aliphatic rings. The molecular weight excluding hydrogens is 574 g/mol. The lowest BCUT2D eigenvalue weighted by molar-refractivity contribution is -0.143. The third-order valence-electron chi connectivity index (χ3n) is 7.67. The molecule has 234 valence electrons. The first kappa shape index (κ1) is 31.8. The normalized spacial score (nSPS) is 20.1. The number of hydrogen-bond acceptors (Lipinski definition) is 8. The minimum absolute atomic E-state index is 0.0333. The summed E-state index contributed by atoms with van der Waals surface area (Å²) in [6, 6.07) is 27.6. The number of cyclic esters (lactones) is 1. The van der Waals surface area contributed by atoms with E-state index in [4.69, 9.17) is 18.9 Å². The van der Waals surface area contributed by atoms with E-state index in [0.29, 0.717) is 25.4 Å². The van der Waals surface area contributed by atoms with Gasteiger partial charge in [-0.2, -0.15) is 0 Å². The lowest BCUT2D eigenvalue weighted by Gasteiger charge is -2.31. The van der Waals surface area contributed by atoms with Crippen molar-refractivity contribution in [1.82, 2.24) is 4.90 Å². The number of aliphatic hydroxyl groups excluding tert-OH is 1. The minimum Gasteiger partial charge on any atom is -0.482 e. The molecule has 4 atom stereocenters. The molecule has 0 aromatic heterocycles. The van der Waals surface area contributed by atoms with Gasteiger partial charge in [0.05, 0.1) is 32.3 Å². The van der Waals surface area contributed by atoms with Crippen LogP contribution in [0, 0.1) is 5.92 Å². The maximum atomic E-state index is 14.1. The van der Waals surface area contributed by atoms with E-state index in [1.807, 2.05) is 91.0 Å². The molecule has 9 heteroatoms. The number of ketones is 1. The van der Waals surface area contributed by atoms with Gasteiger partial charge in [0.25, 0.3) is 0 Å². The van der Waals surface area contributed by atoms with Gasteiger partial charge in [-0.15, -0.1) is 0 Å². The molecule has 0 saturated carbocycles. The monoisotopic (exact) mass is 611 g/mol. The Morgan fingerprint density at radius 2 is 1.60 bits per heavy atom. The average molecular weight is 612 g/mol. The average Bonchev–Trinajstić information content (AvgIpc) is 3.47. The molecule has 1 saturated heterocycles. The first-order valence-electron chi connectivity index (χ1n) is 15.0. The Labute approximate surface area is 262 Å². The molecule has 0 radical (unpaired) electrons. The summed E-state index contributed by atoms with van der Waals surface area (Å²) < 4.78 is 22.9. The molecule has 2 heterocycles. The Hall–Kier alpha value is -4.57. The van der Waals surface area contributed by atoms with Crippen LogP contribution in [0.4, 0.5) is 4.79 Å². The first-order valence-corrected chi connectivity index (χ1v) is 15.0. The van der Waals surface area contributed by atoms with Crippen molar-refractivity contribution in [2.75, 3.05) is 26.4 Å². The highest BCUT2D eigenvalue weighted by Crippen LogP contribution is 2.33. The predicted octanol–water partition coefficient (Wildman–Crippen LogP) is 4.96. The van der Waals surface area contributed by atoms with Crippen molar-refractivity contribution in [2.24, 2.45) is 5.92 Å². The highest BCUT2D eigenvalue weighted by Gasteiger charge is 2.46. The van der Waals surface area contributed by atoms with E-state index in [2.05, 4.69) is 0 Å². The van der Waals surface area contributed by atoms with E-state index in [1.54, 1.807) is 12.2 Å². The molecule has 1 N–H and O–H groups in total. The Bertz CT molecular complexity index is 1470. The summed E-state index contributed by atoms with van der Waals surface area (Å²) in [6.45, 7) is 0.779. The van der Waals surface area contributed by atoms with Gasteiger partial charge in [-0.05, 0) is 47.8 Å². The summed E-state index contributed by atoms with van der Waals surface area (Å²) in [6.07, 6.45) is 3.07. The van der Waals surface area contributed by atoms with Crippen LogP contribution in [0.25, 0.3) is 0 Å². The maximum Gasteiger partial charge on any atom is 0.417 e. The SMILES string of the molecule is O=C1C=CC(=CCCOC[C@@H](CO)OCc2ccccc2)O[C@H]1[C@H](Cc1ccccc1)C(=O)N1C(=O)OC[C@@H]1c1ccccc1. The number of allylic oxidation sites excluding steroid dienone is 1. The number of carbonyl (C=O) groups excluding carboxylic acids is 3. The maximum absolute atomic E-state index is 14.1. The molecule has 5 rings (SSSR count). The van der Waals surface area contributed by atoms with E-state index in [9.17, 15) is 19.5 Å². The molecule has 0 aliphatic carbocycles. The molecule has 3 aromatic rings. The molecular formula is C36H37NO8. The smallest absolute Gasteiger partial charge is 0.417 e. The van der Waals surface area contributed by atoms with Gasteiger partial charge in [0.1, 0.15) is 24.5 Å². The predicted molar refractivity (Wildman–Crippen MR) is 166 cm³/mol. The fraction of sp³-hybridized carbons (Fsp3) is 0.306. The summed E-state index contributed by atoms with van der Waals surface area (Å²) in [4.78, 5) is 41.3. The number of nitrogens with zero attached hydrogens (tertiary/aromatic N) is 1. The number of carbonyl (C=O) groups is 3. The van der Waals surface area contributed by atoms with Crippen LogP contribution in [-0.4, -0.2) is 66.4 Å². The van der Waals surface area contributed by atoms with Gasteiger partial charge in [0.2, 0.25) is 5.91 Å². The topological polar surface area (TPSA) is 112 Å². The van der Waals surface area contributed by atoms with E-state index < -0.39 is 36.2 Å². The third-order valence-corrected chi connectivity index (χ3v) is 7.67. The zero-order chi connectivity index (χ0) is 31.4. The lowest BCUT2D eigenvalue weighted by atomic mass is 9.88. The number of hydrogen-bond donors (Lipinski definition) is 1. The number of ether oxygens (including phenoxy) is 4. The number of rotatable bonds is 14. The fourth-order valence-electron chi connectivity index (χ4n) is 5.30. The van der Waals surface area contributed by atoms with Crippen molar-refractivity contribution in [3.05, 3.63) is 132 Å². The van der Waals surface area contributed by atoms with Crippen LogP contribution in [0.2, 0.25) is 0 Å². The second-order valence-corrected chi connectivity index (χ2v) is 10.9. The van der Waals surface area contributed by atoms with Gasteiger partial charge in [0.15, 0.2) is 11.9 Å². The molecule has 0 spiro atoms. The molecule has 2 aliphatic heterocycles. The molecule has 0 bridgehead atoms. The van der Waals surface area contributed by atoms with Crippen LogP contribution in [-0.2, 0) is 41.6 Å². The van der Waals surface area contributed by atoms with E-state index >= 15 is 0 Å². The van der Waals surface area contributed by atoms with Crippen LogP contribution in [0.1, 0.15) is 29.2 Å². The van der Waals surface area contributed by atoms with Crippen molar-refractivity contribution in [1.29, 1.82) is 0 Å². The zero-order valence-corrected chi connectivity index (χ0v) is 24.9. The fourth-order valence-corrected chi connectivity index (χ4v) is 5.30. The number of benzene rings is 3. The van der Waals surface area contributed by atoms with Crippen molar-refractivity contribution in [2.45, 2.75) is 37.7 Å². The zero-order valence-electron chi connectivity index (χ0n) is 24.9. The van der Waals surface area contributed by atoms with Gasteiger partial charge < -0.3 is 24.1 Å². The standard InChI is InChI=1S/C36H37NO8/c38-22-30(43-23-27-13-6-2-7-14-27)24-42-20-10-17-29-18-19-33(39)34(45-29)31(21-26-11-4-1-5-12-26)35(40)37-32(25-44-36(37)41)28-15-8-3-9-16-28/h1-9,11-19,30-32,34,38H,10,20-25H2/t30-,31+,32-,34+/m1/s1. The largest absolute Gasteiger partial charge is 0.482 e. The Balaban J connectivity index is 1.24. The Morgan fingerprint density at radius 1 is 0.933 bits per heavy atom. The minimum atomic E-state index is -1.13. The van der Waals surface area contributed by atoms with Crippen molar-refractivity contribution in [3.63, 3.8) is 0 Å². The summed E-state index contributed by atoms with van der Waals surface area (Å²) in [5.74, 6) is -1.44. The van der Waals surface area contributed by atoms with Crippen LogP contribution in [0.3, 0.4) is 0 Å². The van der Waals surface area contributed by atoms with E-state index in [1.165, 1.54) is 6.08 Å². The Morgan fingerprint density at radius 3 is 2.29 bits per heavy atom. The third kappa shape index (κ3) is 8.54. The summed E-state index contributed by atoms with van der Waals surface area (Å²) in [7, 11) is 0. The Kier molecular flexibility index (Phi) is 11.3. The van der Waals surface area contributed by atoms with Crippen molar-refractivity contribution in [3.8, 4) is 0 Å². The van der Waals surface area contributed by atoms with Crippen LogP contribution in [0.15, 0.2) is 115 Å². The van der Waals surface area contributed by atoms with Gasteiger partial charge in [-0.1, -0.05) is 91.0 Å². The van der Waals surface area contributed by atoms with Crippen molar-refractivity contribution >= 4 is 17.8 Å². The quantitative estimate of drug-likeness (QED) is 0.255. The number of aliphatic hydroxyl groups is 1. The van der Waals surface area contributed by atoms with Gasteiger partial charge in [0, 0.05) is 0 Å². The molecule has 1 fully saturated rings. The summed E-state index contributed by atoms with van der Waals surface area (Å²) >= 11 is 0. The van der Waals surface area contributed by atoms with Gasteiger partial charge in [-0.25, -0.2) is 9.69 Å². The second kappa shape index (κ2) is 15.9. The summed E-state index contributed by atoms with van der Waals surface area (Å²) in [5, 5.41) is 9.66. The van der Waals surface area contributed by atoms with Crippen molar-refractivity contribution < 1.29 is 38.4 Å². The van der Waals surface area contributed by atoms with Gasteiger partial charge >= 0.3 is 6.09 Å². The lowest BCUT2D eigenvalue weighted by Crippen LogP contribution is -2.47. The van der Waals surface area contributed by atoms with Crippen LogP contribution < -0.4 is 0 Å².